The highest BCUT2D eigenvalue weighted by Gasteiger charge is 2.54. The van der Waals surface area contributed by atoms with Gasteiger partial charge in [0.05, 0.1) is 72.9 Å². The number of hydrogen-bond donors (Lipinski definition) is 6. The number of methoxy groups -OCH3 is 2. The number of benzene rings is 1. The molecule has 2 aromatic rings. The van der Waals surface area contributed by atoms with Gasteiger partial charge in [-0.05, 0) is 106 Å². The smallest absolute Gasteiger partial charge is 0.341 e. The maximum Gasteiger partial charge on any atom is 0.341 e. The lowest BCUT2D eigenvalue weighted by molar-refractivity contribution is -0.318. The third kappa shape index (κ3) is 15.4. The molecule has 0 bridgehead atoms. The number of cyclic esters (lactones) is 1. The number of carboxylic acid groups (broad SMARTS) is 1. The number of aliphatic hydroxyl groups excluding tert-OH is 2. The van der Waals surface area contributed by atoms with Crippen molar-refractivity contribution >= 4 is 34.5 Å². The van der Waals surface area contributed by atoms with E-state index in [1.54, 1.807) is 66.0 Å². The average molecular weight is 1150 g/mol. The molecule has 5 heterocycles. The summed E-state index contributed by atoms with van der Waals surface area (Å²) in [7, 11) is 6.62. The van der Waals surface area contributed by atoms with E-state index < -0.39 is 119 Å². The number of likely N-dealkylation sites (N-methyl/N-ethyl adjacent to an activating group) is 1. The van der Waals surface area contributed by atoms with Gasteiger partial charge in [-0.25, -0.2) is 4.79 Å². The lowest BCUT2D eigenvalue weighted by Gasteiger charge is -2.49. The second-order valence-corrected chi connectivity index (χ2v) is 23.8. The highest BCUT2D eigenvalue weighted by Crippen LogP contribution is 2.42. The van der Waals surface area contributed by atoms with Crippen LogP contribution in [0.4, 0.5) is 0 Å². The summed E-state index contributed by atoms with van der Waals surface area (Å²) in [5, 5.41) is 66.5. The van der Waals surface area contributed by atoms with Crippen molar-refractivity contribution in [2.75, 3.05) is 54.8 Å². The molecule has 458 valence electrons. The third-order valence-electron chi connectivity index (χ3n) is 17.0. The molecule has 0 amide bonds. The summed E-state index contributed by atoms with van der Waals surface area (Å²) >= 11 is 0. The summed E-state index contributed by atoms with van der Waals surface area (Å²) in [5.74, 6) is -6.20. The molecule has 0 aliphatic carbocycles. The summed E-state index contributed by atoms with van der Waals surface area (Å²) in [6.07, 6.45) is -7.62. The van der Waals surface area contributed by atoms with Crippen LogP contribution in [0.25, 0.3) is 10.9 Å². The monoisotopic (exact) mass is 1150 g/mol. The molecule has 23 nitrogen and oxygen atoms in total. The van der Waals surface area contributed by atoms with Crippen molar-refractivity contribution in [1.82, 2.24) is 14.8 Å². The minimum atomic E-state index is -2.01. The van der Waals surface area contributed by atoms with E-state index in [1.165, 1.54) is 27.3 Å². The second-order valence-electron chi connectivity index (χ2n) is 23.8. The summed E-state index contributed by atoms with van der Waals surface area (Å²) in [6.45, 7) is 18.6. The predicted molar refractivity (Wildman–Crippen MR) is 296 cm³/mol. The van der Waals surface area contributed by atoms with E-state index in [-0.39, 0.29) is 55.9 Å². The number of aromatic carboxylic acids is 1. The van der Waals surface area contributed by atoms with Gasteiger partial charge in [-0.2, -0.15) is 0 Å². The highest BCUT2D eigenvalue weighted by atomic mass is 16.7. The number of pyridine rings is 1. The van der Waals surface area contributed by atoms with Crippen LogP contribution in [0, 0.1) is 23.7 Å². The maximum absolute atomic E-state index is 14.7. The first-order chi connectivity index (χ1) is 38.1. The molecule has 81 heavy (non-hydrogen) atoms. The Morgan fingerprint density at radius 1 is 0.951 bits per heavy atom. The van der Waals surface area contributed by atoms with Gasteiger partial charge in [0.25, 0.3) is 0 Å². The van der Waals surface area contributed by atoms with Gasteiger partial charge < -0.3 is 87.8 Å². The first kappa shape index (κ1) is 65.9. The molecule has 6 N–H and O–H groups in total. The van der Waals surface area contributed by atoms with E-state index in [0.717, 1.165) is 11.1 Å². The van der Waals surface area contributed by atoms with Gasteiger partial charge in [-0.15, -0.1) is 0 Å². The van der Waals surface area contributed by atoms with Crippen LogP contribution in [0.2, 0.25) is 0 Å². The molecule has 4 aliphatic heterocycles. The SMILES string of the molecule is CC[C@H]1OC(=O)[C@H](C)[C@@H](O[C@H]2C[C@@](C)(OC)[C@@H](OC(=O)CCNCCCc3cc4c5c(c3)c(=O)c(C(=O)O)cn5CCOC4)[C@H](C)O2)[C@H](C)[C@@H](O[C@H]2O[C@@H](C)C[C@@H](N(C)C)[C@@H]2O)[C@](C)(O)C[C@@H](C)/C(=N\OCOC)[C@H](C)[C@@H](O)[C@]1(C)O. The molecular formula is C58H92N4O19. The number of oxime groups is 1. The minimum Gasteiger partial charge on any atom is -0.477 e. The summed E-state index contributed by atoms with van der Waals surface area (Å²) in [6, 6.07) is 3.37. The number of hydrogen-bond acceptors (Lipinski definition) is 21. The van der Waals surface area contributed by atoms with E-state index in [4.69, 9.17) is 47.5 Å². The number of carbonyl (C=O) groups is 3. The zero-order chi connectivity index (χ0) is 59.9. The Hall–Kier alpha value is -4.21. The first-order valence-corrected chi connectivity index (χ1v) is 28.5. The van der Waals surface area contributed by atoms with Gasteiger partial charge in [-0.3, -0.25) is 14.4 Å². The lowest BCUT2D eigenvalue weighted by atomic mass is 9.73. The Bertz CT molecular complexity index is 2540. The molecule has 1 aromatic carbocycles. The Morgan fingerprint density at radius 2 is 1.67 bits per heavy atom. The number of carboxylic acids is 1. The van der Waals surface area contributed by atoms with Crippen molar-refractivity contribution in [1.29, 1.82) is 0 Å². The van der Waals surface area contributed by atoms with E-state index in [1.807, 2.05) is 32.0 Å². The van der Waals surface area contributed by atoms with Gasteiger partial charge in [0.2, 0.25) is 12.2 Å². The van der Waals surface area contributed by atoms with Gasteiger partial charge >= 0.3 is 17.9 Å². The van der Waals surface area contributed by atoms with Gasteiger partial charge in [0.15, 0.2) is 18.7 Å². The molecule has 18 atom stereocenters. The maximum atomic E-state index is 14.7. The Morgan fingerprint density at radius 3 is 2.32 bits per heavy atom. The highest BCUT2D eigenvalue weighted by molar-refractivity contribution is 5.94. The van der Waals surface area contributed by atoms with Crippen molar-refractivity contribution in [2.24, 2.45) is 28.8 Å². The molecule has 3 saturated heterocycles. The van der Waals surface area contributed by atoms with Crippen molar-refractivity contribution in [3.8, 4) is 0 Å². The van der Waals surface area contributed by atoms with Crippen LogP contribution in [0.1, 0.15) is 129 Å². The summed E-state index contributed by atoms with van der Waals surface area (Å²) in [4.78, 5) is 60.8. The predicted octanol–water partition coefficient (Wildman–Crippen LogP) is 3.90. The Balaban J connectivity index is 1.20. The van der Waals surface area contributed by atoms with Crippen molar-refractivity contribution in [3.05, 3.63) is 45.2 Å². The van der Waals surface area contributed by atoms with Crippen LogP contribution in [0.3, 0.4) is 0 Å². The van der Waals surface area contributed by atoms with Crippen LogP contribution in [0.5, 0.6) is 0 Å². The first-order valence-electron chi connectivity index (χ1n) is 28.5. The molecule has 0 saturated carbocycles. The lowest BCUT2D eigenvalue weighted by Crippen LogP contribution is -2.61. The number of carbonyl (C=O) groups excluding carboxylic acids is 2. The number of ether oxygens (including phenoxy) is 9. The largest absolute Gasteiger partial charge is 0.477 e. The summed E-state index contributed by atoms with van der Waals surface area (Å²) < 4.78 is 57.6. The Kier molecular flexibility index (Phi) is 22.9. The van der Waals surface area contributed by atoms with E-state index in [9.17, 15) is 44.7 Å². The topological polar surface area (TPSA) is 294 Å². The van der Waals surface area contributed by atoms with Crippen LogP contribution < -0.4 is 10.7 Å². The van der Waals surface area contributed by atoms with E-state index in [2.05, 4.69) is 10.5 Å². The Labute approximate surface area is 475 Å². The second kappa shape index (κ2) is 28.1. The van der Waals surface area contributed by atoms with Crippen LogP contribution in [0.15, 0.2) is 28.3 Å². The van der Waals surface area contributed by atoms with Crippen molar-refractivity contribution in [3.63, 3.8) is 0 Å². The standard InChI is InChI=1S/C58H92N4O19/c1-15-42-58(10,71)50(66)33(4)45(60-75-30-72-13)31(2)26-56(8,70)51(81-55-48(65)41(61(11)12)23-32(3)76-55)34(5)49(35(6)54(69)78-42)80-44-27-57(9,73-14)52(36(7)77-44)79-43(63)18-20-59-19-16-17-37-24-38-29-74-22-21-62-28-40(53(67)68)47(64)39(25-37)46(38)62/h24-25,28,31-36,41-42,44,48-52,55,59,65-66,70-71H,15-23,26-27,29-30H2,1-14H3,(H,67,68)/b60-45+/t31-,32+,33+,34+,35-,36+,41-,42-,44+,48+,49+,50-,51-,52+,55-,56-,57-,58-/m1/s1. The van der Waals surface area contributed by atoms with Gasteiger partial charge in [0.1, 0.15) is 29.0 Å². The third-order valence-corrected chi connectivity index (χ3v) is 17.0. The molecule has 0 unspecified atom stereocenters. The molecule has 0 spiro atoms. The number of rotatable bonds is 19. The van der Waals surface area contributed by atoms with Crippen LogP contribution in [-0.2, 0) is 76.6 Å². The van der Waals surface area contributed by atoms with Crippen LogP contribution >= 0.6 is 0 Å². The average Bonchev–Trinajstić information content (AvgIpc) is 3.82. The zero-order valence-electron chi connectivity index (χ0n) is 49.9. The number of aromatic nitrogens is 1. The fraction of sp³-hybridized carbons (Fsp3) is 0.776. The fourth-order valence-corrected chi connectivity index (χ4v) is 12.5. The molecule has 1 aromatic heterocycles. The zero-order valence-corrected chi connectivity index (χ0v) is 49.9. The van der Waals surface area contributed by atoms with Crippen LogP contribution in [-0.4, -0.2) is 198 Å². The van der Waals surface area contributed by atoms with Gasteiger partial charge in [-0.1, -0.05) is 38.9 Å². The van der Waals surface area contributed by atoms with Crippen molar-refractivity contribution < 1.29 is 87.4 Å². The molecule has 23 heteroatoms. The number of nitrogens with zero attached hydrogens (tertiary/aromatic N) is 3. The van der Waals surface area contributed by atoms with Crippen molar-refractivity contribution in [2.45, 2.75) is 212 Å². The number of aliphatic hydroxyl groups is 4. The minimum absolute atomic E-state index is 0.00615. The number of nitrogens with one attached hydrogen (secondary N) is 1. The molecule has 6 rings (SSSR count). The van der Waals surface area contributed by atoms with Gasteiger partial charge in [0, 0.05) is 74.7 Å². The molecule has 4 aliphatic rings. The molecular weight excluding hydrogens is 1060 g/mol. The molecule has 3 fully saturated rings. The fourth-order valence-electron chi connectivity index (χ4n) is 12.5. The summed E-state index contributed by atoms with van der Waals surface area (Å²) in [5.41, 5.74) is -3.21. The normalized spacial score (nSPS) is 36.9. The van der Waals surface area contributed by atoms with E-state index >= 15 is 0 Å². The number of esters is 2. The quantitative estimate of drug-likeness (QED) is 0.0503. The van der Waals surface area contributed by atoms with E-state index in [0.29, 0.717) is 63.0 Å². The number of aryl methyl sites for hydroxylation is 1. The molecule has 0 radical (unpaired) electrons.